The highest BCUT2D eigenvalue weighted by Gasteiger charge is 2.13. The minimum Gasteiger partial charge on any atom is -0.493 e. The maximum Gasteiger partial charge on any atom is 0.289 e. The highest BCUT2D eigenvalue weighted by molar-refractivity contribution is 5.94. The molecule has 2 aromatic heterocycles. The number of hydrogen-bond donors (Lipinski definition) is 2. The molecule has 132 valence electrons. The molecule has 0 spiro atoms. The van der Waals surface area contributed by atoms with Crippen molar-refractivity contribution >= 4 is 12.1 Å². The van der Waals surface area contributed by atoms with Crippen molar-refractivity contribution < 1.29 is 9.53 Å². The van der Waals surface area contributed by atoms with E-state index in [0.29, 0.717) is 23.7 Å². The van der Waals surface area contributed by atoms with Crippen LogP contribution in [-0.4, -0.2) is 33.9 Å². The van der Waals surface area contributed by atoms with Crippen molar-refractivity contribution in [1.29, 1.82) is 0 Å². The highest BCUT2D eigenvalue weighted by Crippen LogP contribution is 2.28. The Hall–Kier alpha value is -3.48. The van der Waals surface area contributed by atoms with Gasteiger partial charge in [-0.15, -0.1) is 0 Å². The zero-order valence-electron chi connectivity index (χ0n) is 14.3. The molecular weight excluding hydrogens is 330 g/mol. The minimum absolute atomic E-state index is 0.309. The van der Waals surface area contributed by atoms with Crippen LogP contribution >= 0.6 is 0 Å². The summed E-state index contributed by atoms with van der Waals surface area (Å²) in [6, 6.07) is 14.7. The molecule has 0 saturated heterocycles. The number of para-hydroxylation sites is 1. The molecule has 0 aliphatic heterocycles. The van der Waals surface area contributed by atoms with Crippen LogP contribution in [0, 0.1) is 0 Å². The number of H-pyrrole nitrogens is 1. The predicted molar refractivity (Wildman–Crippen MR) is 99.1 cm³/mol. The third kappa shape index (κ3) is 4.32. The summed E-state index contributed by atoms with van der Waals surface area (Å²) in [5, 5.41) is 10.8. The van der Waals surface area contributed by atoms with Crippen LogP contribution in [0.4, 0.5) is 0 Å². The van der Waals surface area contributed by atoms with Gasteiger partial charge in [0.25, 0.3) is 5.91 Å². The maximum absolute atomic E-state index is 12.2. The molecular formula is C19H19N5O2. The van der Waals surface area contributed by atoms with Gasteiger partial charge in [-0.3, -0.25) is 14.9 Å². The number of hydrazone groups is 1. The molecule has 0 fully saturated rings. The fourth-order valence-electron chi connectivity index (χ4n) is 2.26. The lowest BCUT2D eigenvalue weighted by Crippen LogP contribution is -2.18. The quantitative estimate of drug-likeness (QED) is 0.506. The molecule has 0 saturated carbocycles. The number of carbonyl (C=O) groups is 1. The summed E-state index contributed by atoms with van der Waals surface area (Å²) in [6.07, 6.45) is 4.04. The number of hydrogen-bond acceptors (Lipinski definition) is 5. The fourth-order valence-corrected chi connectivity index (χ4v) is 2.26. The zero-order chi connectivity index (χ0) is 18.2. The van der Waals surface area contributed by atoms with Crippen molar-refractivity contribution in [3.05, 3.63) is 66.1 Å². The lowest BCUT2D eigenvalue weighted by atomic mass is 10.1. The largest absolute Gasteiger partial charge is 0.493 e. The number of carbonyl (C=O) groups excluding carboxylic acids is 1. The van der Waals surface area contributed by atoms with E-state index in [1.165, 1.54) is 6.21 Å². The van der Waals surface area contributed by atoms with Gasteiger partial charge in [0.15, 0.2) is 0 Å². The van der Waals surface area contributed by atoms with Crippen molar-refractivity contribution in [2.24, 2.45) is 5.10 Å². The molecule has 3 aromatic rings. The molecule has 26 heavy (non-hydrogen) atoms. The first-order chi connectivity index (χ1) is 12.8. The molecule has 7 nitrogen and oxygen atoms in total. The van der Waals surface area contributed by atoms with Crippen molar-refractivity contribution in [2.45, 2.75) is 13.3 Å². The second-order valence-corrected chi connectivity index (χ2v) is 5.47. The van der Waals surface area contributed by atoms with E-state index in [0.717, 1.165) is 17.7 Å². The third-order valence-electron chi connectivity index (χ3n) is 3.50. The summed E-state index contributed by atoms with van der Waals surface area (Å²) in [6.45, 7) is 2.67. The van der Waals surface area contributed by atoms with E-state index in [1.54, 1.807) is 18.3 Å². The van der Waals surface area contributed by atoms with Crippen LogP contribution in [0.5, 0.6) is 5.75 Å². The van der Waals surface area contributed by atoms with Gasteiger partial charge in [0, 0.05) is 11.8 Å². The molecule has 1 amide bonds. The number of nitrogens with zero attached hydrogens (tertiary/aromatic N) is 3. The smallest absolute Gasteiger partial charge is 0.289 e. The SMILES string of the molecule is CCCOc1ccccc1-c1cc(C(=O)N/N=C/c2ccccn2)[nH]n1. The summed E-state index contributed by atoms with van der Waals surface area (Å²) in [4.78, 5) is 16.3. The second-order valence-electron chi connectivity index (χ2n) is 5.47. The Morgan fingerprint density at radius 1 is 1.27 bits per heavy atom. The number of benzene rings is 1. The number of rotatable bonds is 7. The number of nitrogens with one attached hydrogen (secondary N) is 2. The van der Waals surface area contributed by atoms with E-state index in [4.69, 9.17) is 4.74 Å². The first-order valence-electron chi connectivity index (χ1n) is 8.30. The summed E-state index contributed by atoms with van der Waals surface area (Å²) in [7, 11) is 0. The van der Waals surface area contributed by atoms with Crippen LogP contribution in [-0.2, 0) is 0 Å². The first-order valence-corrected chi connectivity index (χ1v) is 8.30. The fraction of sp³-hybridized carbons (Fsp3) is 0.158. The van der Waals surface area contributed by atoms with Gasteiger partial charge in [-0.05, 0) is 36.8 Å². The Morgan fingerprint density at radius 2 is 2.12 bits per heavy atom. The van der Waals surface area contributed by atoms with Crippen LogP contribution in [0.1, 0.15) is 29.5 Å². The topological polar surface area (TPSA) is 92.3 Å². The summed E-state index contributed by atoms with van der Waals surface area (Å²) >= 11 is 0. The Balaban J connectivity index is 1.70. The van der Waals surface area contributed by atoms with Crippen molar-refractivity contribution in [3.63, 3.8) is 0 Å². The highest BCUT2D eigenvalue weighted by atomic mass is 16.5. The van der Waals surface area contributed by atoms with Crippen molar-refractivity contribution in [3.8, 4) is 17.0 Å². The average Bonchev–Trinajstić information content (AvgIpc) is 3.17. The van der Waals surface area contributed by atoms with E-state index in [1.807, 2.05) is 43.3 Å². The summed E-state index contributed by atoms with van der Waals surface area (Å²) in [5.41, 5.74) is 4.87. The number of amides is 1. The van der Waals surface area contributed by atoms with Gasteiger partial charge in [-0.2, -0.15) is 10.2 Å². The van der Waals surface area contributed by atoms with E-state index >= 15 is 0 Å². The van der Waals surface area contributed by atoms with Gasteiger partial charge in [0.05, 0.1) is 24.2 Å². The normalized spacial score (nSPS) is 10.8. The minimum atomic E-state index is -0.386. The molecule has 0 unspecified atom stereocenters. The van der Waals surface area contributed by atoms with E-state index < -0.39 is 0 Å². The van der Waals surface area contributed by atoms with Gasteiger partial charge >= 0.3 is 0 Å². The molecule has 0 aliphatic rings. The molecule has 2 N–H and O–H groups in total. The van der Waals surface area contributed by atoms with Crippen LogP contribution in [0.2, 0.25) is 0 Å². The van der Waals surface area contributed by atoms with Gasteiger partial charge in [0.1, 0.15) is 11.4 Å². The Kier molecular flexibility index (Phi) is 5.72. The molecule has 2 heterocycles. The van der Waals surface area contributed by atoms with Crippen molar-refractivity contribution in [2.75, 3.05) is 6.61 Å². The predicted octanol–water partition coefficient (Wildman–Crippen LogP) is 3.02. The number of ether oxygens (including phenoxy) is 1. The summed E-state index contributed by atoms with van der Waals surface area (Å²) in [5.74, 6) is 0.351. The summed E-state index contributed by atoms with van der Waals surface area (Å²) < 4.78 is 5.74. The Labute approximate surface area is 151 Å². The molecule has 0 radical (unpaired) electrons. The monoisotopic (exact) mass is 349 g/mol. The third-order valence-corrected chi connectivity index (χ3v) is 3.50. The van der Waals surface area contributed by atoms with Gasteiger partial charge in [-0.25, -0.2) is 5.43 Å². The lowest BCUT2D eigenvalue weighted by Gasteiger charge is -2.08. The van der Waals surface area contributed by atoms with E-state index in [2.05, 4.69) is 25.7 Å². The molecule has 0 aliphatic carbocycles. The number of aromatic nitrogens is 3. The van der Waals surface area contributed by atoms with Gasteiger partial charge in [0.2, 0.25) is 0 Å². The zero-order valence-corrected chi connectivity index (χ0v) is 14.3. The Morgan fingerprint density at radius 3 is 2.92 bits per heavy atom. The lowest BCUT2D eigenvalue weighted by molar-refractivity contribution is 0.0950. The van der Waals surface area contributed by atoms with Gasteiger partial charge < -0.3 is 4.74 Å². The molecule has 3 rings (SSSR count). The van der Waals surface area contributed by atoms with Crippen LogP contribution in [0.25, 0.3) is 11.3 Å². The van der Waals surface area contributed by atoms with Crippen LogP contribution in [0.15, 0.2) is 59.8 Å². The van der Waals surface area contributed by atoms with E-state index in [9.17, 15) is 4.79 Å². The second kappa shape index (κ2) is 8.57. The molecule has 0 bridgehead atoms. The molecule has 1 aromatic carbocycles. The van der Waals surface area contributed by atoms with Crippen molar-refractivity contribution in [1.82, 2.24) is 20.6 Å². The number of pyridine rings is 1. The molecule has 7 heteroatoms. The molecule has 0 atom stereocenters. The van der Waals surface area contributed by atoms with Gasteiger partial charge in [-0.1, -0.05) is 25.1 Å². The van der Waals surface area contributed by atoms with Crippen LogP contribution < -0.4 is 10.2 Å². The average molecular weight is 349 g/mol. The standard InChI is InChI=1S/C19H19N5O2/c1-2-11-26-18-9-4-3-8-15(18)16-12-17(23-22-16)19(25)24-21-13-14-7-5-6-10-20-14/h3-10,12-13H,2,11H2,1H3,(H,22,23)(H,24,25)/b21-13+. The van der Waals surface area contributed by atoms with E-state index in [-0.39, 0.29) is 5.91 Å². The first kappa shape index (κ1) is 17.3. The Bertz CT molecular complexity index is 890. The van der Waals surface area contributed by atoms with Crippen LogP contribution in [0.3, 0.4) is 0 Å². The maximum atomic E-state index is 12.2. The number of aromatic amines is 1.